The van der Waals surface area contributed by atoms with E-state index in [9.17, 15) is 19.7 Å². The van der Waals surface area contributed by atoms with Gasteiger partial charge in [-0.1, -0.05) is 36.4 Å². The van der Waals surface area contributed by atoms with E-state index in [1.807, 2.05) is 30.3 Å². The molecule has 0 aliphatic carbocycles. The summed E-state index contributed by atoms with van der Waals surface area (Å²) in [5.74, 6) is -0.396. The van der Waals surface area contributed by atoms with Gasteiger partial charge in [-0.3, -0.25) is 19.7 Å². The highest BCUT2D eigenvalue weighted by Gasteiger charge is 2.28. The summed E-state index contributed by atoms with van der Waals surface area (Å²) in [7, 11) is 0. The molecule has 0 spiro atoms. The van der Waals surface area contributed by atoms with Crippen LogP contribution in [0.25, 0.3) is 0 Å². The summed E-state index contributed by atoms with van der Waals surface area (Å²) in [6, 6.07) is 14.3. The van der Waals surface area contributed by atoms with Crippen LogP contribution in [0.1, 0.15) is 30.4 Å². The molecule has 0 radical (unpaired) electrons. The van der Waals surface area contributed by atoms with Crippen LogP contribution in [-0.4, -0.2) is 40.5 Å². The van der Waals surface area contributed by atoms with Crippen LogP contribution in [0.4, 0.5) is 11.4 Å². The highest BCUT2D eigenvalue weighted by Crippen LogP contribution is 2.32. The van der Waals surface area contributed by atoms with Gasteiger partial charge in [-0.05, 0) is 17.5 Å². The van der Waals surface area contributed by atoms with Crippen molar-refractivity contribution in [1.82, 2.24) is 5.01 Å². The van der Waals surface area contributed by atoms with Gasteiger partial charge in [0.2, 0.25) is 11.8 Å². The molecule has 0 saturated carbocycles. The molecule has 4 rings (SSSR count). The van der Waals surface area contributed by atoms with Gasteiger partial charge in [0.15, 0.2) is 0 Å². The molecule has 148 valence electrons. The molecule has 0 aromatic heterocycles. The zero-order chi connectivity index (χ0) is 20.4. The topological polar surface area (TPSA) is 96.1 Å². The third-order valence-electron chi connectivity index (χ3n) is 5.23. The highest BCUT2D eigenvalue weighted by atomic mass is 16.6. The van der Waals surface area contributed by atoms with Crippen LogP contribution < -0.4 is 4.90 Å². The van der Waals surface area contributed by atoms with Crippen molar-refractivity contribution in [2.45, 2.75) is 25.7 Å². The summed E-state index contributed by atoms with van der Waals surface area (Å²) in [5.41, 5.74) is 3.30. The first-order valence-electron chi connectivity index (χ1n) is 9.54. The SMILES string of the molecule is O=C(CCC(=O)N1CCc2ccc([N+](=O)[O-])cc21)N1CCC(c2ccccc2)=N1. The zero-order valence-corrected chi connectivity index (χ0v) is 15.8. The molecule has 2 aromatic rings. The number of benzene rings is 2. The van der Waals surface area contributed by atoms with Crippen LogP contribution in [0.2, 0.25) is 0 Å². The molecule has 2 aromatic carbocycles. The van der Waals surface area contributed by atoms with Crippen LogP contribution >= 0.6 is 0 Å². The van der Waals surface area contributed by atoms with E-state index in [2.05, 4.69) is 5.10 Å². The lowest BCUT2D eigenvalue weighted by atomic mass is 10.1. The van der Waals surface area contributed by atoms with Gasteiger partial charge in [0.05, 0.1) is 22.9 Å². The number of hydrogen-bond acceptors (Lipinski definition) is 5. The first kappa shape index (κ1) is 18.8. The lowest BCUT2D eigenvalue weighted by molar-refractivity contribution is -0.384. The van der Waals surface area contributed by atoms with Crippen molar-refractivity contribution in [3.63, 3.8) is 0 Å². The third-order valence-corrected chi connectivity index (χ3v) is 5.23. The number of carbonyl (C=O) groups is 2. The fourth-order valence-electron chi connectivity index (χ4n) is 3.69. The molecule has 29 heavy (non-hydrogen) atoms. The van der Waals surface area contributed by atoms with Crippen molar-refractivity contribution in [3.05, 3.63) is 69.8 Å². The first-order chi connectivity index (χ1) is 14.0. The smallest absolute Gasteiger partial charge is 0.271 e. The molecule has 0 N–H and O–H groups in total. The molecule has 2 aliphatic rings. The minimum Gasteiger partial charge on any atom is -0.312 e. The molecule has 8 heteroatoms. The maximum absolute atomic E-state index is 12.6. The van der Waals surface area contributed by atoms with Gasteiger partial charge in [-0.2, -0.15) is 5.10 Å². The van der Waals surface area contributed by atoms with Crippen molar-refractivity contribution < 1.29 is 14.5 Å². The quantitative estimate of drug-likeness (QED) is 0.577. The Morgan fingerprint density at radius 1 is 1.00 bits per heavy atom. The van der Waals surface area contributed by atoms with Crippen molar-refractivity contribution in [1.29, 1.82) is 0 Å². The van der Waals surface area contributed by atoms with Gasteiger partial charge < -0.3 is 4.90 Å². The molecule has 0 fully saturated rings. The average molecular weight is 392 g/mol. The molecule has 8 nitrogen and oxygen atoms in total. The molecule has 0 saturated heterocycles. The Kier molecular flexibility index (Phi) is 5.07. The van der Waals surface area contributed by atoms with E-state index in [-0.39, 0.29) is 30.3 Å². The van der Waals surface area contributed by atoms with Crippen molar-refractivity contribution in [2.24, 2.45) is 5.10 Å². The second-order valence-corrected chi connectivity index (χ2v) is 7.05. The fourth-order valence-corrected chi connectivity index (χ4v) is 3.69. The summed E-state index contributed by atoms with van der Waals surface area (Å²) in [4.78, 5) is 37.2. The van der Waals surface area contributed by atoms with Gasteiger partial charge in [0.1, 0.15) is 0 Å². The summed E-state index contributed by atoms with van der Waals surface area (Å²) in [5, 5.41) is 16.8. The van der Waals surface area contributed by atoms with E-state index in [0.29, 0.717) is 31.6 Å². The molecule has 2 amide bonds. The molecule has 0 bridgehead atoms. The second kappa shape index (κ2) is 7.83. The minimum absolute atomic E-state index is 0.0422. The number of hydrogen-bond donors (Lipinski definition) is 0. The van der Waals surface area contributed by atoms with Crippen LogP contribution in [0.15, 0.2) is 53.6 Å². The lowest BCUT2D eigenvalue weighted by Gasteiger charge is -2.18. The van der Waals surface area contributed by atoms with Gasteiger partial charge >= 0.3 is 0 Å². The minimum atomic E-state index is -0.472. The Hall–Kier alpha value is -3.55. The number of rotatable bonds is 5. The first-order valence-corrected chi connectivity index (χ1v) is 9.54. The van der Waals surface area contributed by atoms with Crippen molar-refractivity contribution >= 4 is 28.9 Å². The van der Waals surface area contributed by atoms with E-state index < -0.39 is 4.92 Å². The third kappa shape index (κ3) is 3.87. The number of fused-ring (bicyclic) bond motifs is 1. The predicted octanol–water partition coefficient (Wildman–Crippen LogP) is 2.90. The fraction of sp³-hybridized carbons (Fsp3) is 0.286. The summed E-state index contributed by atoms with van der Waals surface area (Å²) in [6.45, 7) is 0.986. The normalized spacial score (nSPS) is 15.2. The van der Waals surface area contributed by atoms with Crippen molar-refractivity contribution in [2.75, 3.05) is 18.0 Å². The van der Waals surface area contributed by atoms with Gasteiger partial charge in [-0.25, -0.2) is 5.01 Å². The molecule has 0 atom stereocenters. The standard InChI is InChI=1S/C21H20N4O4/c26-20(23-12-10-16-6-7-17(25(28)29)14-19(16)23)8-9-21(27)24-13-11-18(22-24)15-4-2-1-3-5-15/h1-7,14H,8-13H2. The molecular formula is C21H20N4O4. The number of non-ortho nitro benzene ring substituents is 1. The van der Waals surface area contributed by atoms with Crippen LogP contribution in [0.3, 0.4) is 0 Å². The number of nitrogens with zero attached hydrogens (tertiary/aromatic N) is 4. The summed E-state index contributed by atoms with van der Waals surface area (Å²) < 4.78 is 0. The van der Waals surface area contributed by atoms with Crippen LogP contribution in [0, 0.1) is 10.1 Å². The Morgan fingerprint density at radius 2 is 1.76 bits per heavy atom. The van der Waals surface area contributed by atoms with E-state index >= 15 is 0 Å². The number of hydrazone groups is 1. The molecule has 0 unspecified atom stereocenters. The number of anilines is 1. The monoisotopic (exact) mass is 392 g/mol. The van der Waals surface area contributed by atoms with Crippen molar-refractivity contribution in [3.8, 4) is 0 Å². The van der Waals surface area contributed by atoms with Crippen LogP contribution in [0.5, 0.6) is 0 Å². The number of amides is 2. The Bertz CT molecular complexity index is 1000. The van der Waals surface area contributed by atoms with Gasteiger partial charge in [0.25, 0.3) is 5.69 Å². The van der Waals surface area contributed by atoms with Gasteiger partial charge in [-0.15, -0.1) is 0 Å². The lowest BCUT2D eigenvalue weighted by Crippen LogP contribution is -2.31. The highest BCUT2D eigenvalue weighted by molar-refractivity contribution is 6.03. The van der Waals surface area contributed by atoms with E-state index in [1.165, 1.54) is 22.0 Å². The predicted molar refractivity (Wildman–Crippen MR) is 108 cm³/mol. The number of carbonyl (C=O) groups excluding carboxylic acids is 2. The summed E-state index contributed by atoms with van der Waals surface area (Å²) >= 11 is 0. The van der Waals surface area contributed by atoms with E-state index in [1.54, 1.807) is 6.07 Å². The summed E-state index contributed by atoms with van der Waals surface area (Å²) in [6.07, 6.45) is 1.45. The number of nitro groups is 1. The Labute approximate surface area is 167 Å². The van der Waals surface area contributed by atoms with E-state index in [4.69, 9.17) is 0 Å². The largest absolute Gasteiger partial charge is 0.312 e. The Balaban J connectivity index is 1.38. The average Bonchev–Trinajstić information content (AvgIpc) is 3.39. The molecular weight excluding hydrogens is 372 g/mol. The number of nitro benzene ring substituents is 1. The molecule has 2 aliphatic heterocycles. The van der Waals surface area contributed by atoms with E-state index in [0.717, 1.165) is 16.8 Å². The van der Waals surface area contributed by atoms with Crippen LogP contribution in [-0.2, 0) is 16.0 Å². The Morgan fingerprint density at radius 3 is 2.52 bits per heavy atom. The van der Waals surface area contributed by atoms with Gasteiger partial charge in [0, 0.05) is 37.9 Å². The molecule has 2 heterocycles. The second-order valence-electron chi connectivity index (χ2n) is 7.05. The maximum Gasteiger partial charge on any atom is 0.271 e. The zero-order valence-electron chi connectivity index (χ0n) is 15.8. The maximum atomic E-state index is 12.6.